The van der Waals surface area contributed by atoms with Gasteiger partial charge in [0.2, 0.25) is 0 Å². The highest BCUT2D eigenvalue weighted by Crippen LogP contribution is 2.39. The van der Waals surface area contributed by atoms with Crippen molar-refractivity contribution >= 4 is 21.7 Å². The molecule has 1 saturated carbocycles. The lowest BCUT2D eigenvalue weighted by Gasteiger charge is -2.20. The molecule has 118 valence electrons. The van der Waals surface area contributed by atoms with Gasteiger partial charge < -0.3 is 10.1 Å². The molecule has 1 unspecified atom stereocenters. The third-order valence-corrected chi connectivity index (χ3v) is 4.86. The standard InChI is InChI=1S/C16H26BrN3O/c1-4-8-12(21-5-2)15-19-14(11-9-6-7-10-11)13(17)16(18-3)20-15/h11-12H,4-10H2,1-3H3,(H,18,19,20). The zero-order valence-electron chi connectivity index (χ0n) is 13.3. The van der Waals surface area contributed by atoms with Crippen LogP contribution in [0.5, 0.6) is 0 Å². The summed E-state index contributed by atoms with van der Waals surface area (Å²) in [5.74, 6) is 2.26. The van der Waals surface area contributed by atoms with Gasteiger partial charge in [-0.1, -0.05) is 26.2 Å². The van der Waals surface area contributed by atoms with Gasteiger partial charge in [-0.2, -0.15) is 0 Å². The number of nitrogens with one attached hydrogen (secondary N) is 1. The Labute approximate surface area is 136 Å². The quantitative estimate of drug-likeness (QED) is 0.761. The number of hydrogen-bond donors (Lipinski definition) is 1. The molecule has 0 radical (unpaired) electrons. The second-order valence-corrected chi connectivity index (χ2v) is 6.39. The molecular weight excluding hydrogens is 330 g/mol. The summed E-state index contributed by atoms with van der Waals surface area (Å²) in [6.45, 7) is 4.89. The molecule has 1 aromatic heterocycles. The summed E-state index contributed by atoms with van der Waals surface area (Å²) in [4.78, 5) is 9.54. The first-order chi connectivity index (χ1) is 10.2. The fourth-order valence-electron chi connectivity index (χ4n) is 3.01. The van der Waals surface area contributed by atoms with Gasteiger partial charge in [0.1, 0.15) is 11.9 Å². The van der Waals surface area contributed by atoms with E-state index in [2.05, 4.69) is 33.2 Å². The summed E-state index contributed by atoms with van der Waals surface area (Å²) in [7, 11) is 1.91. The van der Waals surface area contributed by atoms with E-state index in [4.69, 9.17) is 9.72 Å². The van der Waals surface area contributed by atoms with Crippen LogP contribution in [0.3, 0.4) is 0 Å². The number of nitrogens with zero attached hydrogens (tertiary/aromatic N) is 2. The summed E-state index contributed by atoms with van der Waals surface area (Å²) in [6, 6.07) is 0. The van der Waals surface area contributed by atoms with E-state index in [9.17, 15) is 0 Å². The Morgan fingerprint density at radius 2 is 2.00 bits per heavy atom. The Morgan fingerprint density at radius 3 is 2.57 bits per heavy atom. The molecular formula is C16H26BrN3O. The normalized spacial score (nSPS) is 17.1. The Morgan fingerprint density at radius 1 is 1.29 bits per heavy atom. The number of ether oxygens (including phenoxy) is 1. The van der Waals surface area contributed by atoms with Crippen LogP contribution in [0.15, 0.2) is 4.47 Å². The van der Waals surface area contributed by atoms with Gasteiger partial charge in [-0.3, -0.25) is 0 Å². The predicted octanol–water partition coefficient (Wildman–Crippen LogP) is 4.82. The molecule has 1 aromatic rings. The molecule has 0 saturated heterocycles. The van der Waals surface area contributed by atoms with E-state index < -0.39 is 0 Å². The van der Waals surface area contributed by atoms with E-state index in [1.54, 1.807) is 0 Å². The van der Waals surface area contributed by atoms with E-state index in [1.807, 2.05) is 14.0 Å². The summed E-state index contributed by atoms with van der Waals surface area (Å²) in [6.07, 6.45) is 7.09. The van der Waals surface area contributed by atoms with Gasteiger partial charge in [0.25, 0.3) is 0 Å². The van der Waals surface area contributed by atoms with Crippen molar-refractivity contribution in [2.24, 2.45) is 0 Å². The van der Waals surface area contributed by atoms with E-state index in [1.165, 1.54) is 25.7 Å². The van der Waals surface area contributed by atoms with Crippen LogP contribution >= 0.6 is 15.9 Å². The molecule has 1 aliphatic rings. The van der Waals surface area contributed by atoms with Gasteiger partial charge in [0.05, 0.1) is 10.2 Å². The first kappa shape index (κ1) is 16.7. The Balaban J connectivity index is 2.38. The van der Waals surface area contributed by atoms with E-state index in [-0.39, 0.29) is 6.10 Å². The zero-order valence-corrected chi connectivity index (χ0v) is 14.9. The van der Waals surface area contributed by atoms with Crippen LogP contribution in [0.4, 0.5) is 5.82 Å². The fraction of sp³-hybridized carbons (Fsp3) is 0.750. The molecule has 0 aliphatic heterocycles. The maximum atomic E-state index is 5.86. The van der Waals surface area contributed by atoms with Crippen molar-refractivity contribution in [1.29, 1.82) is 0 Å². The number of aromatic nitrogens is 2. The van der Waals surface area contributed by atoms with Crippen molar-refractivity contribution in [3.8, 4) is 0 Å². The number of anilines is 1. The largest absolute Gasteiger partial charge is 0.372 e. The summed E-state index contributed by atoms with van der Waals surface area (Å²) in [5.41, 5.74) is 1.16. The molecule has 0 aromatic carbocycles. The topological polar surface area (TPSA) is 47.0 Å². The Bertz CT molecular complexity index is 455. The van der Waals surface area contributed by atoms with E-state index >= 15 is 0 Å². The van der Waals surface area contributed by atoms with Crippen molar-refractivity contribution in [3.63, 3.8) is 0 Å². The second-order valence-electron chi connectivity index (χ2n) is 5.59. The van der Waals surface area contributed by atoms with Crippen LogP contribution in [0.2, 0.25) is 0 Å². The predicted molar refractivity (Wildman–Crippen MR) is 89.8 cm³/mol. The molecule has 4 nitrogen and oxygen atoms in total. The van der Waals surface area contributed by atoms with Crippen molar-refractivity contribution in [3.05, 3.63) is 16.0 Å². The second kappa shape index (κ2) is 8.08. The lowest BCUT2D eigenvalue weighted by Crippen LogP contribution is -2.14. The molecule has 2 rings (SSSR count). The van der Waals surface area contributed by atoms with Gasteiger partial charge >= 0.3 is 0 Å². The van der Waals surface area contributed by atoms with Crippen LogP contribution in [0.25, 0.3) is 0 Å². The van der Waals surface area contributed by atoms with Crippen molar-refractivity contribution in [1.82, 2.24) is 9.97 Å². The molecule has 0 spiro atoms. The fourth-order valence-corrected chi connectivity index (χ4v) is 3.71. The molecule has 1 N–H and O–H groups in total. The minimum atomic E-state index is 0.000327. The Hall–Kier alpha value is -0.680. The van der Waals surface area contributed by atoms with E-state index in [0.717, 1.165) is 34.7 Å². The molecule has 5 heteroatoms. The van der Waals surface area contributed by atoms with Crippen molar-refractivity contribution in [2.75, 3.05) is 19.0 Å². The van der Waals surface area contributed by atoms with E-state index in [0.29, 0.717) is 12.5 Å². The Kier molecular flexibility index (Phi) is 6.42. The third-order valence-electron chi connectivity index (χ3n) is 4.08. The minimum absolute atomic E-state index is 0.000327. The first-order valence-electron chi connectivity index (χ1n) is 8.07. The zero-order chi connectivity index (χ0) is 15.2. The first-order valence-corrected chi connectivity index (χ1v) is 8.87. The van der Waals surface area contributed by atoms with Crippen LogP contribution in [-0.2, 0) is 4.74 Å². The number of rotatable bonds is 7. The molecule has 1 heterocycles. The van der Waals surface area contributed by atoms with Crippen LogP contribution in [-0.4, -0.2) is 23.6 Å². The summed E-state index contributed by atoms with van der Waals surface area (Å²) in [5, 5.41) is 3.19. The molecule has 0 amide bonds. The maximum Gasteiger partial charge on any atom is 0.159 e. The van der Waals surface area contributed by atoms with Crippen molar-refractivity contribution in [2.45, 2.75) is 64.4 Å². The molecule has 1 atom stereocenters. The molecule has 21 heavy (non-hydrogen) atoms. The SMILES string of the molecule is CCCC(OCC)c1nc(NC)c(Br)c(C2CCCC2)n1. The maximum absolute atomic E-state index is 5.86. The average Bonchev–Trinajstić information content (AvgIpc) is 3.01. The van der Waals surface area contributed by atoms with Crippen LogP contribution < -0.4 is 5.32 Å². The monoisotopic (exact) mass is 355 g/mol. The third kappa shape index (κ3) is 3.95. The molecule has 0 bridgehead atoms. The number of halogens is 1. The molecule has 1 aliphatic carbocycles. The van der Waals surface area contributed by atoms with Gasteiger partial charge in [-0.25, -0.2) is 9.97 Å². The highest BCUT2D eigenvalue weighted by molar-refractivity contribution is 9.10. The van der Waals surface area contributed by atoms with Crippen LogP contribution in [0.1, 0.15) is 75.9 Å². The average molecular weight is 356 g/mol. The van der Waals surface area contributed by atoms with Gasteiger partial charge in [0, 0.05) is 19.6 Å². The molecule has 1 fully saturated rings. The van der Waals surface area contributed by atoms with Crippen LogP contribution in [0, 0.1) is 0 Å². The summed E-state index contributed by atoms with van der Waals surface area (Å²) >= 11 is 3.68. The highest BCUT2D eigenvalue weighted by atomic mass is 79.9. The lowest BCUT2D eigenvalue weighted by molar-refractivity contribution is 0.0492. The lowest BCUT2D eigenvalue weighted by atomic mass is 10.0. The number of hydrogen-bond acceptors (Lipinski definition) is 4. The smallest absolute Gasteiger partial charge is 0.159 e. The highest BCUT2D eigenvalue weighted by Gasteiger charge is 2.25. The van der Waals surface area contributed by atoms with Gasteiger partial charge in [-0.05, 0) is 42.1 Å². The minimum Gasteiger partial charge on any atom is -0.372 e. The summed E-state index contributed by atoms with van der Waals surface area (Å²) < 4.78 is 6.88. The van der Waals surface area contributed by atoms with Gasteiger partial charge in [-0.15, -0.1) is 0 Å². The van der Waals surface area contributed by atoms with Gasteiger partial charge in [0.15, 0.2) is 5.82 Å². The van der Waals surface area contributed by atoms with Crippen molar-refractivity contribution < 1.29 is 4.74 Å².